The van der Waals surface area contributed by atoms with E-state index < -0.39 is 23.3 Å². The van der Waals surface area contributed by atoms with Crippen molar-refractivity contribution in [1.29, 1.82) is 0 Å². The number of aromatic nitrogens is 4. The van der Waals surface area contributed by atoms with E-state index in [-0.39, 0.29) is 30.2 Å². The van der Waals surface area contributed by atoms with Gasteiger partial charge in [-0.2, -0.15) is 0 Å². The summed E-state index contributed by atoms with van der Waals surface area (Å²) < 4.78 is 9.00. The molecule has 0 aliphatic heterocycles. The molecule has 29 heavy (non-hydrogen) atoms. The molecule has 0 N–H and O–H groups in total. The van der Waals surface area contributed by atoms with Crippen LogP contribution in [0.15, 0.2) is 40.2 Å². The maximum absolute atomic E-state index is 13.2. The maximum atomic E-state index is 13.2. The first-order valence-electron chi connectivity index (χ1n) is 9.41. The van der Waals surface area contributed by atoms with Crippen molar-refractivity contribution < 1.29 is 9.53 Å². The van der Waals surface area contributed by atoms with E-state index in [0.29, 0.717) is 10.7 Å². The Bertz CT molecular complexity index is 1180. The van der Waals surface area contributed by atoms with Gasteiger partial charge in [0, 0.05) is 6.54 Å². The summed E-state index contributed by atoms with van der Waals surface area (Å²) in [5.41, 5.74) is -0.334. The Morgan fingerprint density at radius 2 is 1.90 bits per heavy atom. The summed E-state index contributed by atoms with van der Waals surface area (Å²) in [6.07, 6.45) is 1.38. The molecular formula is C20H23ClN4O4. The average Bonchev–Trinajstić information content (AvgIpc) is 3.11. The lowest BCUT2D eigenvalue weighted by Crippen LogP contribution is -2.41. The predicted octanol–water partition coefficient (Wildman–Crippen LogP) is 2.78. The van der Waals surface area contributed by atoms with E-state index in [4.69, 9.17) is 16.3 Å². The minimum Gasteiger partial charge on any atom is -0.464 e. The minimum atomic E-state index is -0.780. The van der Waals surface area contributed by atoms with Gasteiger partial charge in [-0.25, -0.2) is 19.1 Å². The summed E-state index contributed by atoms with van der Waals surface area (Å²) in [5.74, 6) is -0.437. The molecule has 3 rings (SSSR count). The first-order chi connectivity index (χ1) is 13.8. The van der Waals surface area contributed by atoms with Gasteiger partial charge >= 0.3 is 11.7 Å². The number of carbonyl (C=O) groups excluding carboxylic acids is 1. The highest BCUT2D eigenvalue weighted by Crippen LogP contribution is 2.22. The van der Waals surface area contributed by atoms with Crippen LogP contribution in [0.4, 0.5) is 0 Å². The van der Waals surface area contributed by atoms with Crippen molar-refractivity contribution >= 4 is 28.7 Å². The number of esters is 1. The summed E-state index contributed by atoms with van der Waals surface area (Å²) in [7, 11) is 0. The second-order valence-corrected chi connectivity index (χ2v) is 7.54. The molecule has 0 saturated heterocycles. The van der Waals surface area contributed by atoms with Crippen LogP contribution in [-0.4, -0.2) is 31.3 Å². The fraction of sp³-hybridized carbons (Fsp3) is 0.400. The Hall–Kier alpha value is -2.87. The number of hydrogen-bond donors (Lipinski definition) is 0. The Morgan fingerprint density at radius 3 is 2.52 bits per heavy atom. The molecule has 0 fully saturated rings. The maximum Gasteiger partial charge on any atom is 0.337 e. The van der Waals surface area contributed by atoms with Crippen molar-refractivity contribution in [3.8, 4) is 5.69 Å². The van der Waals surface area contributed by atoms with Crippen LogP contribution in [-0.2, 0) is 16.1 Å². The number of imidazole rings is 1. The lowest BCUT2D eigenvalue weighted by molar-refractivity contribution is -0.146. The van der Waals surface area contributed by atoms with Crippen LogP contribution in [0.3, 0.4) is 0 Å². The van der Waals surface area contributed by atoms with E-state index in [0.717, 1.165) is 4.57 Å². The Kier molecular flexibility index (Phi) is 5.93. The molecule has 9 heteroatoms. The molecule has 8 nitrogen and oxygen atoms in total. The van der Waals surface area contributed by atoms with E-state index in [1.807, 2.05) is 13.8 Å². The molecule has 0 saturated carbocycles. The van der Waals surface area contributed by atoms with Gasteiger partial charge in [-0.1, -0.05) is 37.6 Å². The molecule has 0 unspecified atom stereocenters. The summed E-state index contributed by atoms with van der Waals surface area (Å²) in [6.45, 7) is 7.59. The SMILES string of the molecule is CCOC(=O)[C@@H](C)n1cnc2c1c(=O)n(CC(C)C)c(=O)n2-c1ccccc1Cl. The number of carbonyl (C=O) groups is 1. The molecule has 2 heterocycles. The van der Waals surface area contributed by atoms with Gasteiger partial charge in [0.1, 0.15) is 6.04 Å². The third-order valence-corrected chi connectivity index (χ3v) is 4.86. The zero-order valence-electron chi connectivity index (χ0n) is 16.8. The number of rotatable bonds is 6. The molecule has 0 spiro atoms. The zero-order valence-corrected chi connectivity index (χ0v) is 17.5. The Balaban J connectivity index is 2.40. The molecule has 0 aliphatic rings. The smallest absolute Gasteiger partial charge is 0.337 e. The topological polar surface area (TPSA) is 88.1 Å². The van der Waals surface area contributed by atoms with Gasteiger partial charge in [0.25, 0.3) is 5.56 Å². The first kappa shape index (κ1) is 20.9. The Labute approximate surface area is 172 Å². The number of ether oxygens (including phenoxy) is 1. The van der Waals surface area contributed by atoms with Gasteiger partial charge in [-0.15, -0.1) is 0 Å². The highest BCUT2D eigenvalue weighted by atomic mass is 35.5. The second kappa shape index (κ2) is 8.24. The highest BCUT2D eigenvalue weighted by molar-refractivity contribution is 6.32. The van der Waals surface area contributed by atoms with E-state index in [2.05, 4.69) is 4.98 Å². The minimum absolute atomic E-state index is 0.0522. The van der Waals surface area contributed by atoms with Crippen LogP contribution >= 0.6 is 11.6 Å². The fourth-order valence-corrected chi connectivity index (χ4v) is 3.41. The number of halogens is 1. The summed E-state index contributed by atoms with van der Waals surface area (Å²) in [5, 5.41) is 0.346. The van der Waals surface area contributed by atoms with Crippen LogP contribution in [0.25, 0.3) is 16.9 Å². The van der Waals surface area contributed by atoms with Crippen molar-refractivity contribution in [2.24, 2.45) is 5.92 Å². The number of fused-ring (bicyclic) bond motifs is 1. The molecule has 0 bridgehead atoms. The van der Waals surface area contributed by atoms with Gasteiger partial charge in [0.2, 0.25) is 0 Å². The standard InChI is InChI=1S/C20H23ClN4O4/c1-5-29-19(27)13(4)24-11-22-17-16(24)18(26)23(10-12(2)3)20(28)25(17)15-9-7-6-8-14(15)21/h6-9,11-13H,5,10H2,1-4H3/t13-/m1/s1. The van der Waals surface area contributed by atoms with Crippen molar-refractivity contribution in [3.63, 3.8) is 0 Å². The molecule has 1 aromatic carbocycles. The van der Waals surface area contributed by atoms with E-state index in [1.54, 1.807) is 38.1 Å². The van der Waals surface area contributed by atoms with Crippen LogP contribution in [0.1, 0.15) is 33.7 Å². The molecular weight excluding hydrogens is 396 g/mol. The monoisotopic (exact) mass is 418 g/mol. The predicted molar refractivity (Wildman–Crippen MR) is 111 cm³/mol. The highest BCUT2D eigenvalue weighted by Gasteiger charge is 2.25. The van der Waals surface area contributed by atoms with Crippen molar-refractivity contribution in [2.75, 3.05) is 6.61 Å². The first-order valence-corrected chi connectivity index (χ1v) is 9.79. The van der Waals surface area contributed by atoms with Crippen LogP contribution in [0, 0.1) is 5.92 Å². The molecule has 3 aromatic rings. The fourth-order valence-electron chi connectivity index (χ4n) is 3.19. The van der Waals surface area contributed by atoms with Crippen molar-refractivity contribution in [1.82, 2.24) is 18.7 Å². The van der Waals surface area contributed by atoms with E-state index in [9.17, 15) is 14.4 Å². The second-order valence-electron chi connectivity index (χ2n) is 7.13. The van der Waals surface area contributed by atoms with Gasteiger partial charge in [-0.3, -0.25) is 9.36 Å². The summed E-state index contributed by atoms with van der Waals surface area (Å²) >= 11 is 6.33. The van der Waals surface area contributed by atoms with Crippen LogP contribution < -0.4 is 11.2 Å². The number of para-hydroxylation sites is 1. The number of nitrogens with zero attached hydrogens (tertiary/aromatic N) is 4. The average molecular weight is 419 g/mol. The largest absolute Gasteiger partial charge is 0.464 e. The molecule has 1 atom stereocenters. The van der Waals surface area contributed by atoms with Crippen LogP contribution in [0.5, 0.6) is 0 Å². The van der Waals surface area contributed by atoms with Gasteiger partial charge in [0.15, 0.2) is 11.2 Å². The third-order valence-electron chi connectivity index (χ3n) is 4.54. The summed E-state index contributed by atoms with van der Waals surface area (Å²) in [4.78, 5) is 43.0. The van der Waals surface area contributed by atoms with Gasteiger partial charge < -0.3 is 9.30 Å². The quantitative estimate of drug-likeness (QED) is 0.574. The van der Waals surface area contributed by atoms with E-state index >= 15 is 0 Å². The lowest BCUT2D eigenvalue weighted by Gasteiger charge is -2.16. The van der Waals surface area contributed by atoms with Gasteiger partial charge in [-0.05, 0) is 31.9 Å². The number of hydrogen-bond acceptors (Lipinski definition) is 5. The zero-order chi connectivity index (χ0) is 21.3. The third kappa shape index (κ3) is 3.72. The molecule has 0 radical (unpaired) electrons. The normalized spacial score (nSPS) is 12.5. The van der Waals surface area contributed by atoms with Crippen LogP contribution in [0.2, 0.25) is 5.02 Å². The molecule has 0 amide bonds. The van der Waals surface area contributed by atoms with E-state index in [1.165, 1.54) is 15.5 Å². The lowest BCUT2D eigenvalue weighted by atomic mass is 10.2. The summed E-state index contributed by atoms with van der Waals surface area (Å²) in [6, 6.07) is 6.05. The van der Waals surface area contributed by atoms with Gasteiger partial charge in [0.05, 0.1) is 23.6 Å². The molecule has 0 aliphatic carbocycles. The number of benzene rings is 1. The molecule has 154 valence electrons. The van der Waals surface area contributed by atoms with Crippen molar-refractivity contribution in [2.45, 2.75) is 40.3 Å². The van der Waals surface area contributed by atoms with Crippen molar-refractivity contribution in [3.05, 3.63) is 56.5 Å². The molecule has 2 aromatic heterocycles. The Morgan fingerprint density at radius 1 is 1.21 bits per heavy atom.